The third kappa shape index (κ3) is 3.76. The molecule has 4 heteroatoms. The lowest BCUT2D eigenvalue weighted by molar-refractivity contribution is 0.541. The van der Waals surface area contributed by atoms with Crippen LogP contribution >= 0.6 is 12.6 Å². The second-order valence-corrected chi connectivity index (χ2v) is 3.24. The highest BCUT2D eigenvalue weighted by atomic mass is 32.1. The molecule has 0 saturated heterocycles. The molecule has 1 heterocycles. The monoisotopic (exact) mass is 185 g/mol. The molecule has 0 saturated carbocycles. The molecule has 0 bridgehead atoms. The van der Waals surface area contributed by atoms with Crippen molar-refractivity contribution in [1.29, 1.82) is 0 Å². The summed E-state index contributed by atoms with van der Waals surface area (Å²) in [6, 6.07) is 0. The summed E-state index contributed by atoms with van der Waals surface area (Å²) in [5.41, 5.74) is 0. The van der Waals surface area contributed by atoms with Gasteiger partial charge in [0.2, 0.25) is 0 Å². The third-order valence-corrected chi connectivity index (χ3v) is 2.08. The van der Waals surface area contributed by atoms with Gasteiger partial charge in [0, 0.05) is 6.54 Å². The fourth-order valence-corrected chi connectivity index (χ4v) is 1.31. The molecule has 0 aliphatic carbocycles. The van der Waals surface area contributed by atoms with Gasteiger partial charge in [0.15, 0.2) is 0 Å². The molecule has 1 aromatic heterocycles. The Kier molecular flexibility index (Phi) is 4.83. The second-order valence-electron chi connectivity index (χ2n) is 2.80. The van der Waals surface area contributed by atoms with Gasteiger partial charge in [-0.2, -0.15) is 17.7 Å². The number of thiol groups is 1. The van der Waals surface area contributed by atoms with Crippen LogP contribution in [-0.2, 0) is 6.54 Å². The molecule has 1 rings (SSSR count). The van der Waals surface area contributed by atoms with E-state index in [1.165, 1.54) is 25.7 Å². The van der Waals surface area contributed by atoms with Crippen molar-refractivity contribution in [2.24, 2.45) is 0 Å². The zero-order valence-electron chi connectivity index (χ0n) is 7.19. The highest BCUT2D eigenvalue weighted by Gasteiger charge is 1.91. The largest absolute Gasteiger partial charge is 0.253 e. The minimum Gasteiger partial charge on any atom is -0.253 e. The first-order chi connectivity index (χ1) is 5.93. The lowest BCUT2D eigenvalue weighted by atomic mass is 10.2. The molecule has 0 atom stereocenters. The maximum absolute atomic E-state index is 4.16. The number of rotatable bonds is 6. The van der Waals surface area contributed by atoms with Crippen molar-refractivity contribution in [3.05, 3.63) is 12.7 Å². The quantitative estimate of drug-likeness (QED) is 0.541. The van der Waals surface area contributed by atoms with Gasteiger partial charge in [-0.15, -0.1) is 0 Å². The Balaban J connectivity index is 1.96. The number of hydrogen-bond acceptors (Lipinski definition) is 3. The molecule has 0 N–H and O–H groups in total. The minimum absolute atomic E-state index is 0.993. The van der Waals surface area contributed by atoms with Crippen molar-refractivity contribution in [3.8, 4) is 0 Å². The number of unbranched alkanes of at least 4 members (excludes halogenated alkanes) is 3. The lowest BCUT2D eigenvalue weighted by Gasteiger charge is -1.99. The molecular formula is C8H15N3S. The van der Waals surface area contributed by atoms with Gasteiger partial charge in [-0.25, -0.2) is 4.98 Å². The average Bonchev–Trinajstić information content (AvgIpc) is 2.57. The van der Waals surface area contributed by atoms with Crippen LogP contribution in [0.25, 0.3) is 0 Å². The summed E-state index contributed by atoms with van der Waals surface area (Å²) in [4.78, 5) is 3.88. The predicted molar refractivity (Wildman–Crippen MR) is 52.3 cm³/mol. The zero-order valence-corrected chi connectivity index (χ0v) is 8.08. The summed E-state index contributed by atoms with van der Waals surface area (Å²) in [6.07, 6.45) is 8.29. The van der Waals surface area contributed by atoms with Gasteiger partial charge >= 0.3 is 0 Å². The minimum atomic E-state index is 0.993. The van der Waals surface area contributed by atoms with Crippen LogP contribution < -0.4 is 0 Å². The predicted octanol–water partition coefficient (Wildman–Crippen LogP) is 1.77. The van der Waals surface area contributed by atoms with Crippen LogP contribution in [0.15, 0.2) is 12.7 Å². The Bertz CT molecular complexity index is 186. The van der Waals surface area contributed by atoms with E-state index in [1.54, 1.807) is 12.7 Å². The van der Waals surface area contributed by atoms with E-state index >= 15 is 0 Å². The Morgan fingerprint density at radius 2 is 2.00 bits per heavy atom. The molecule has 0 radical (unpaired) electrons. The van der Waals surface area contributed by atoms with E-state index in [2.05, 4.69) is 22.7 Å². The molecule has 0 amide bonds. The normalized spacial score (nSPS) is 10.4. The molecule has 0 spiro atoms. The molecule has 1 aromatic rings. The maximum atomic E-state index is 4.16. The highest BCUT2D eigenvalue weighted by molar-refractivity contribution is 7.80. The molecule has 68 valence electrons. The molecule has 0 aliphatic heterocycles. The first-order valence-electron chi connectivity index (χ1n) is 4.37. The standard InChI is InChI=1S/C8H15N3S/c12-6-4-2-1-3-5-11-8-9-7-10-11/h7-8,12H,1-6H2. The van der Waals surface area contributed by atoms with Crippen molar-refractivity contribution >= 4 is 12.6 Å². The van der Waals surface area contributed by atoms with E-state index < -0.39 is 0 Å². The Morgan fingerprint density at radius 1 is 1.17 bits per heavy atom. The van der Waals surface area contributed by atoms with E-state index in [0.29, 0.717) is 0 Å². The van der Waals surface area contributed by atoms with Crippen LogP contribution in [0.5, 0.6) is 0 Å². The van der Waals surface area contributed by atoms with Crippen LogP contribution in [0.1, 0.15) is 25.7 Å². The Morgan fingerprint density at radius 3 is 2.67 bits per heavy atom. The van der Waals surface area contributed by atoms with E-state index in [4.69, 9.17) is 0 Å². The molecule has 3 nitrogen and oxygen atoms in total. The van der Waals surface area contributed by atoms with Gasteiger partial charge in [0.25, 0.3) is 0 Å². The van der Waals surface area contributed by atoms with Crippen LogP contribution in [0.2, 0.25) is 0 Å². The van der Waals surface area contributed by atoms with Crippen LogP contribution in [0.4, 0.5) is 0 Å². The SMILES string of the molecule is SCCCCCCn1cncn1. The number of hydrogen-bond donors (Lipinski definition) is 1. The van der Waals surface area contributed by atoms with Crippen molar-refractivity contribution in [2.45, 2.75) is 32.2 Å². The lowest BCUT2D eigenvalue weighted by Crippen LogP contribution is -1.97. The van der Waals surface area contributed by atoms with E-state index in [-0.39, 0.29) is 0 Å². The molecule has 0 aromatic carbocycles. The maximum Gasteiger partial charge on any atom is 0.137 e. The summed E-state index contributed by atoms with van der Waals surface area (Å²) < 4.78 is 1.88. The Hall–Kier alpha value is -0.510. The molecule has 0 fully saturated rings. The molecule has 0 unspecified atom stereocenters. The summed E-state index contributed by atoms with van der Waals surface area (Å²) in [5, 5.41) is 4.02. The van der Waals surface area contributed by atoms with Crippen molar-refractivity contribution in [3.63, 3.8) is 0 Å². The molecule has 12 heavy (non-hydrogen) atoms. The zero-order chi connectivity index (χ0) is 8.65. The smallest absolute Gasteiger partial charge is 0.137 e. The van der Waals surface area contributed by atoms with Gasteiger partial charge in [-0.3, -0.25) is 4.68 Å². The van der Waals surface area contributed by atoms with Crippen molar-refractivity contribution in [1.82, 2.24) is 14.8 Å². The first-order valence-corrected chi connectivity index (χ1v) is 5.00. The second kappa shape index (κ2) is 6.06. The number of nitrogens with zero attached hydrogens (tertiary/aromatic N) is 3. The van der Waals surface area contributed by atoms with Gasteiger partial charge in [-0.1, -0.05) is 12.8 Å². The molecule has 0 aliphatic rings. The third-order valence-electron chi connectivity index (χ3n) is 1.76. The first kappa shape index (κ1) is 9.58. The average molecular weight is 185 g/mol. The summed E-state index contributed by atoms with van der Waals surface area (Å²) in [6.45, 7) is 0.993. The van der Waals surface area contributed by atoms with E-state index in [0.717, 1.165) is 12.3 Å². The summed E-state index contributed by atoms with van der Waals surface area (Å²) in [7, 11) is 0. The van der Waals surface area contributed by atoms with E-state index in [9.17, 15) is 0 Å². The van der Waals surface area contributed by atoms with Gasteiger partial charge < -0.3 is 0 Å². The van der Waals surface area contributed by atoms with Gasteiger partial charge in [-0.05, 0) is 18.6 Å². The summed E-state index contributed by atoms with van der Waals surface area (Å²) >= 11 is 4.16. The van der Waals surface area contributed by atoms with Crippen LogP contribution in [0, 0.1) is 0 Å². The molecular weight excluding hydrogens is 170 g/mol. The Labute approximate surface area is 78.6 Å². The van der Waals surface area contributed by atoms with Crippen LogP contribution in [-0.4, -0.2) is 20.5 Å². The topological polar surface area (TPSA) is 30.7 Å². The van der Waals surface area contributed by atoms with Gasteiger partial charge in [0.1, 0.15) is 12.7 Å². The van der Waals surface area contributed by atoms with Crippen LogP contribution in [0.3, 0.4) is 0 Å². The van der Waals surface area contributed by atoms with E-state index in [1.807, 2.05) is 4.68 Å². The highest BCUT2D eigenvalue weighted by Crippen LogP contribution is 2.01. The van der Waals surface area contributed by atoms with Crippen molar-refractivity contribution in [2.75, 3.05) is 5.75 Å². The van der Waals surface area contributed by atoms with Crippen molar-refractivity contribution < 1.29 is 0 Å². The number of aryl methyl sites for hydroxylation is 1. The van der Waals surface area contributed by atoms with Gasteiger partial charge in [0.05, 0.1) is 0 Å². The fourth-order valence-electron chi connectivity index (χ4n) is 1.09. The number of aromatic nitrogens is 3. The fraction of sp³-hybridized carbons (Fsp3) is 0.750. The summed E-state index contributed by atoms with van der Waals surface area (Å²) in [5.74, 6) is 1.00.